The number of halogens is 3. The highest BCUT2D eigenvalue weighted by Gasteiger charge is 2.24. The maximum absolute atomic E-state index is 14.1. The van der Waals surface area contributed by atoms with E-state index >= 15 is 0 Å². The van der Waals surface area contributed by atoms with Gasteiger partial charge in [0.15, 0.2) is 0 Å². The number of hydrogen-bond donors (Lipinski definition) is 2. The molecule has 1 atom stereocenters. The molecule has 0 bridgehead atoms. The van der Waals surface area contributed by atoms with Crippen molar-refractivity contribution in [2.75, 3.05) is 32.1 Å². The first-order chi connectivity index (χ1) is 24.9. The molecule has 0 spiro atoms. The van der Waals surface area contributed by atoms with E-state index in [-0.39, 0.29) is 12.7 Å². The average Bonchev–Trinajstić information content (AvgIpc) is 3.68. The molecule has 1 unspecified atom stereocenters. The van der Waals surface area contributed by atoms with E-state index in [1.165, 1.54) is 6.07 Å². The normalized spacial score (nSPS) is 15.9. The number of carbonyl (C=O) groups excluding carboxylic acids is 1. The van der Waals surface area contributed by atoms with Crippen LogP contribution in [-0.4, -0.2) is 68.8 Å². The molecule has 1 saturated heterocycles. The van der Waals surface area contributed by atoms with Crippen molar-refractivity contribution in [1.29, 1.82) is 0 Å². The van der Waals surface area contributed by atoms with Gasteiger partial charge in [-0.1, -0.05) is 41.4 Å². The van der Waals surface area contributed by atoms with Crippen LogP contribution in [-0.2, 0) is 24.4 Å². The van der Waals surface area contributed by atoms with Gasteiger partial charge >= 0.3 is 0 Å². The van der Waals surface area contributed by atoms with Crippen LogP contribution in [0.2, 0.25) is 10.2 Å². The first-order valence-electron chi connectivity index (χ1n) is 16.7. The molecule has 5 heterocycles. The highest BCUT2D eigenvalue weighted by Crippen LogP contribution is 2.27. The summed E-state index contributed by atoms with van der Waals surface area (Å²) in [6.07, 6.45) is 5.12. The van der Waals surface area contributed by atoms with Gasteiger partial charge in [-0.05, 0) is 73.0 Å². The van der Waals surface area contributed by atoms with E-state index in [9.17, 15) is 9.18 Å². The SMILES string of the molecule is CNc1ccc2n[nH]c(Cl)c2c1.O=Cc1ccc2nc(CN3CC=C(c4cccc(OCc5ccc(Cl)cc5F)n4)CC3)n(CC3CCO3)c2c1. The Bertz CT molecular complexity index is 2220. The summed E-state index contributed by atoms with van der Waals surface area (Å²) < 4.78 is 27.8. The van der Waals surface area contributed by atoms with Gasteiger partial charge in [0.1, 0.15) is 29.7 Å². The van der Waals surface area contributed by atoms with Crippen LogP contribution >= 0.6 is 23.2 Å². The Kier molecular flexibility index (Phi) is 10.6. The summed E-state index contributed by atoms with van der Waals surface area (Å²) >= 11 is 11.7. The van der Waals surface area contributed by atoms with Crippen LogP contribution in [0.3, 0.4) is 0 Å². The zero-order valence-electron chi connectivity index (χ0n) is 27.9. The Hall–Kier alpha value is -4.81. The number of aromatic amines is 1. The minimum absolute atomic E-state index is 0.0769. The molecule has 13 heteroatoms. The molecule has 0 amide bonds. The van der Waals surface area contributed by atoms with Crippen molar-refractivity contribution in [2.45, 2.75) is 38.6 Å². The largest absolute Gasteiger partial charge is 0.473 e. The molecule has 6 aromatic rings. The van der Waals surface area contributed by atoms with Gasteiger partial charge in [-0.25, -0.2) is 14.4 Å². The van der Waals surface area contributed by atoms with Gasteiger partial charge < -0.3 is 19.4 Å². The van der Waals surface area contributed by atoms with Crippen molar-refractivity contribution in [3.63, 3.8) is 0 Å². The standard InChI is InChI=1S/C30H28ClFN4O3.C8H8ClN3/c31-23-6-5-22(25(32)15-23)19-39-30-3-1-2-26(34-30)21-8-11-35(12-9-21)17-29-33-27-7-4-20(18-37)14-28(27)36(29)16-24-10-13-38-24;1-10-5-2-3-7-6(4-5)8(9)12-11-7/h1-8,14-15,18,24H,9-13,16-17,19H2;2-4,10H,1H3,(H,11,12). The second-order valence-corrected chi connectivity index (χ2v) is 13.2. The quantitative estimate of drug-likeness (QED) is 0.137. The minimum atomic E-state index is -0.397. The number of aldehydes is 1. The van der Waals surface area contributed by atoms with E-state index in [4.69, 9.17) is 37.7 Å². The van der Waals surface area contributed by atoms with Gasteiger partial charge in [0.25, 0.3) is 0 Å². The number of benzene rings is 3. The van der Waals surface area contributed by atoms with Gasteiger partial charge in [-0.3, -0.25) is 14.8 Å². The van der Waals surface area contributed by atoms with Crippen molar-refractivity contribution >= 4 is 62.7 Å². The zero-order valence-corrected chi connectivity index (χ0v) is 29.4. The summed E-state index contributed by atoms with van der Waals surface area (Å²) in [5, 5.41) is 11.6. The van der Waals surface area contributed by atoms with E-state index < -0.39 is 5.82 Å². The number of fused-ring (bicyclic) bond motifs is 2. The number of aromatic nitrogens is 5. The van der Waals surface area contributed by atoms with E-state index in [1.807, 2.05) is 55.6 Å². The number of nitrogens with one attached hydrogen (secondary N) is 2. The fourth-order valence-electron chi connectivity index (χ4n) is 6.11. The molecule has 51 heavy (non-hydrogen) atoms. The summed E-state index contributed by atoms with van der Waals surface area (Å²) in [4.78, 5) is 23.3. The first kappa shape index (κ1) is 34.6. The van der Waals surface area contributed by atoms with E-state index in [2.05, 4.69) is 36.0 Å². The molecule has 0 aliphatic carbocycles. The Balaban J connectivity index is 0.000000285. The summed E-state index contributed by atoms with van der Waals surface area (Å²) in [6.45, 7) is 3.93. The minimum Gasteiger partial charge on any atom is -0.473 e. The monoisotopic (exact) mass is 727 g/mol. The Labute approximate surface area is 304 Å². The molecule has 0 radical (unpaired) electrons. The molecule has 262 valence electrons. The van der Waals surface area contributed by atoms with Gasteiger partial charge in [-0.15, -0.1) is 0 Å². The van der Waals surface area contributed by atoms with Gasteiger partial charge in [0, 0.05) is 60.0 Å². The van der Waals surface area contributed by atoms with Gasteiger partial charge in [-0.2, -0.15) is 5.10 Å². The van der Waals surface area contributed by atoms with Crippen LogP contribution in [0, 0.1) is 5.82 Å². The Morgan fingerprint density at radius 2 is 1.94 bits per heavy atom. The third kappa shape index (κ3) is 8.07. The van der Waals surface area contributed by atoms with Crippen LogP contribution in [0.15, 0.2) is 78.9 Å². The van der Waals surface area contributed by atoms with Crippen LogP contribution in [0.4, 0.5) is 10.1 Å². The van der Waals surface area contributed by atoms with Crippen molar-refractivity contribution in [3.8, 4) is 5.88 Å². The number of carbonyl (C=O) groups is 1. The third-order valence-corrected chi connectivity index (χ3v) is 9.59. The number of hydrogen-bond acceptors (Lipinski definition) is 8. The van der Waals surface area contributed by atoms with Crippen LogP contribution < -0.4 is 10.1 Å². The fraction of sp³-hybridized carbons (Fsp3) is 0.263. The lowest BCUT2D eigenvalue weighted by Gasteiger charge is -2.29. The third-order valence-electron chi connectivity index (χ3n) is 9.06. The number of imidazole rings is 1. The fourth-order valence-corrected chi connectivity index (χ4v) is 6.46. The second kappa shape index (κ2) is 15.6. The lowest BCUT2D eigenvalue weighted by atomic mass is 10.0. The summed E-state index contributed by atoms with van der Waals surface area (Å²) in [5.41, 5.74) is 6.87. The highest BCUT2D eigenvalue weighted by atomic mass is 35.5. The van der Waals surface area contributed by atoms with E-state index in [1.54, 1.807) is 18.2 Å². The second-order valence-electron chi connectivity index (χ2n) is 12.4. The molecule has 3 aromatic heterocycles. The highest BCUT2D eigenvalue weighted by molar-refractivity contribution is 6.34. The number of anilines is 1. The van der Waals surface area contributed by atoms with Crippen molar-refractivity contribution in [2.24, 2.45) is 0 Å². The number of rotatable bonds is 10. The van der Waals surface area contributed by atoms with Gasteiger partial charge in [0.05, 0.1) is 41.4 Å². The predicted octanol–water partition coefficient (Wildman–Crippen LogP) is 7.95. The number of ether oxygens (including phenoxy) is 2. The zero-order chi connectivity index (χ0) is 35.3. The Morgan fingerprint density at radius 3 is 2.69 bits per heavy atom. The summed E-state index contributed by atoms with van der Waals surface area (Å²) in [5.74, 6) is 1.03. The molecule has 2 aliphatic rings. The molecular weight excluding hydrogens is 692 g/mol. The maximum atomic E-state index is 14.1. The Morgan fingerprint density at radius 1 is 1.08 bits per heavy atom. The molecule has 1 fully saturated rings. The molecule has 8 rings (SSSR count). The van der Waals surface area contributed by atoms with E-state index in [0.717, 1.165) is 90.1 Å². The molecular formula is C38H36Cl2FN7O3. The lowest BCUT2D eigenvalue weighted by molar-refractivity contribution is -0.0591. The molecule has 2 aliphatic heterocycles. The maximum Gasteiger partial charge on any atom is 0.214 e. The number of nitrogens with zero attached hydrogens (tertiary/aromatic N) is 5. The van der Waals surface area contributed by atoms with Crippen molar-refractivity contribution in [1.82, 2.24) is 29.6 Å². The molecule has 10 nitrogen and oxygen atoms in total. The van der Waals surface area contributed by atoms with Crippen LogP contribution in [0.5, 0.6) is 5.88 Å². The predicted molar refractivity (Wildman–Crippen MR) is 198 cm³/mol. The smallest absolute Gasteiger partial charge is 0.214 e. The van der Waals surface area contributed by atoms with Crippen molar-refractivity contribution in [3.05, 3.63) is 118 Å². The first-order valence-corrected chi connectivity index (χ1v) is 17.5. The number of pyridine rings is 1. The lowest BCUT2D eigenvalue weighted by Crippen LogP contribution is -2.33. The van der Waals surface area contributed by atoms with Crippen molar-refractivity contribution < 1.29 is 18.7 Å². The molecule has 2 N–H and O–H groups in total. The van der Waals surface area contributed by atoms with Crippen LogP contribution in [0.25, 0.3) is 27.5 Å². The van der Waals surface area contributed by atoms with E-state index in [0.29, 0.717) is 33.7 Å². The summed E-state index contributed by atoms with van der Waals surface area (Å²) in [7, 11) is 1.87. The van der Waals surface area contributed by atoms with Gasteiger partial charge in [0.2, 0.25) is 5.88 Å². The topological polar surface area (TPSA) is 110 Å². The average molecular weight is 729 g/mol. The summed E-state index contributed by atoms with van der Waals surface area (Å²) in [6, 6.07) is 21.7. The van der Waals surface area contributed by atoms with Crippen LogP contribution in [0.1, 0.15) is 40.3 Å². The number of H-pyrrole nitrogens is 1. The molecule has 0 saturated carbocycles. The molecule has 3 aromatic carbocycles.